The number of rotatable bonds is 30. The number of hydrogen-bond acceptors (Lipinski definition) is 10. The molecule has 0 unspecified atom stereocenters. The molecule has 0 aliphatic heterocycles. The van der Waals surface area contributed by atoms with Crippen molar-refractivity contribution in [1.29, 1.82) is 0 Å². The van der Waals surface area contributed by atoms with Gasteiger partial charge in [-0.2, -0.15) is 0 Å². The zero-order valence-corrected chi connectivity index (χ0v) is 31.3. The van der Waals surface area contributed by atoms with Crippen LogP contribution < -0.4 is 9.47 Å². The second-order valence-electron chi connectivity index (χ2n) is 12.8. The molecule has 0 aliphatic carbocycles. The van der Waals surface area contributed by atoms with Crippen LogP contribution in [0, 0.1) is 0 Å². The summed E-state index contributed by atoms with van der Waals surface area (Å²) in [5.74, 6) is 0.959. The predicted octanol–water partition coefficient (Wildman–Crippen LogP) is 7.42. The molecule has 0 spiro atoms. The van der Waals surface area contributed by atoms with E-state index in [0.29, 0.717) is 103 Å². The largest absolute Gasteiger partial charge is 0.494 e. The third-order valence-corrected chi connectivity index (χ3v) is 7.74. The summed E-state index contributed by atoms with van der Waals surface area (Å²) in [5.41, 5.74) is 3.04. The minimum absolute atomic E-state index is 0.179. The summed E-state index contributed by atoms with van der Waals surface area (Å²) >= 11 is 0. The van der Waals surface area contributed by atoms with Crippen LogP contribution in [0.3, 0.4) is 0 Å². The van der Waals surface area contributed by atoms with Gasteiger partial charge in [-0.3, -0.25) is 0 Å². The fourth-order valence-corrected chi connectivity index (χ4v) is 4.64. The van der Waals surface area contributed by atoms with Gasteiger partial charge in [0.25, 0.3) is 0 Å². The molecule has 0 aromatic heterocycles. The quantitative estimate of drug-likeness (QED) is 0.0462. The van der Waals surface area contributed by atoms with E-state index in [1.807, 2.05) is 24.3 Å². The molecule has 2 aromatic rings. The second-order valence-corrected chi connectivity index (χ2v) is 12.8. The van der Waals surface area contributed by atoms with E-state index in [1.165, 1.54) is 11.1 Å². The Morgan fingerprint density at radius 2 is 0.745 bits per heavy atom. The number of hydrogen-bond donors (Lipinski definition) is 0. The van der Waals surface area contributed by atoms with Gasteiger partial charge in [0.2, 0.25) is 0 Å². The molecule has 284 valence electrons. The van der Waals surface area contributed by atoms with Crippen LogP contribution in [0.1, 0.15) is 77.3 Å². The van der Waals surface area contributed by atoms with Crippen molar-refractivity contribution in [3.8, 4) is 11.5 Å². The van der Waals surface area contributed by atoms with Gasteiger partial charge in [-0.05, 0) is 62.1 Å². The maximum absolute atomic E-state index is 11.3. The van der Waals surface area contributed by atoms with Gasteiger partial charge in [0.15, 0.2) is 0 Å². The van der Waals surface area contributed by atoms with Gasteiger partial charge >= 0.3 is 11.9 Å². The Bertz CT molecular complexity index is 1170. The molecule has 2 rings (SSSR count). The van der Waals surface area contributed by atoms with Crippen molar-refractivity contribution in [3.63, 3.8) is 0 Å². The molecule has 0 radical (unpaired) electrons. The van der Waals surface area contributed by atoms with E-state index < -0.39 is 0 Å². The Kier molecular flexibility index (Phi) is 22.3. The molecule has 0 saturated carbocycles. The maximum atomic E-state index is 11.3. The number of ether oxygens (including phenoxy) is 8. The third kappa shape index (κ3) is 19.5. The van der Waals surface area contributed by atoms with E-state index in [0.717, 1.165) is 37.2 Å². The van der Waals surface area contributed by atoms with Gasteiger partial charge < -0.3 is 37.9 Å². The minimum atomic E-state index is -0.362. The summed E-state index contributed by atoms with van der Waals surface area (Å²) in [6, 6.07) is 16.6. The van der Waals surface area contributed by atoms with Crippen molar-refractivity contribution < 1.29 is 47.5 Å². The van der Waals surface area contributed by atoms with E-state index in [2.05, 4.69) is 51.3 Å². The first-order chi connectivity index (χ1) is 24.6. The lowest BCUT2D eigenvalue weighted by Gasteiger charge is -2.26. The lowest BCUT2D eigenvalue weighted by atomic mass is 9.78. The Morgan fingerprint density at radius 3 is 1.04 bits per heavy atom. The van der Waals surface area contributed by atoms with Gasteiger partial charge in [-0.15, -0.1) is 0 Å². The molecule has 2 aromatic carbocycles. The molecule has 0 saturated heterocycles. The number of carbonyl (C=O) groups excluding carboxylic acids is 2. The summed E-state index contributed by atoms with van der Waals surface area (Å²) in [7, 11) is 0. The van der Waals surface area contributed by atoms with Crippen LogP contribution in [0.2, 0.25) is 0 Å². The first kappa shape index (κ1) is 43.5. The summed E-state index contributed by atoms with van der Waals surface area (Å²) in [4.78, 5) is 22.6. The lowest BCUT2D eigenvalue weighted by molar-refractivity contribution is -0.140. The van der Waals surface area contributed by atoms with E-state index in [4.69, 9.17) is 37.9 Å². The summed E-state index contributed by atoms with van der Waals surface area (Å²) < 4.78 is 44.3. The Hall–Kier alpha value is -3.70. The van der Waals surface area contributed by atoms with Gasteiger partial charge in [0.1, 0.15) is 11.5 Å². The van der Waals surface area contributed by atoms with Crippen LogP contribution in [-0.4, -0.2) is 91.2 Å². The Morgan fingerprint density at radius 1 is 0.471 bits per heavy atom. The average Bonchev–Trinajstić information content (AvgIpc) is 3.12. The second kappa shape index (κ2) is 26.1. The topological polar surface area (TPSA) is 108 Å². The average molecular weight is 713 g/mol. The molecule has 0 aliphatic rings. The molecular weight excluding hydrogens is 652 g/mol. The van der Waals surface area contributed by atoms with E-state index >= 15 is 0 Å². The summed E-state index contributed by atoms with van der Waals surface area (Å²) in [6.07, 6.45) is 4.57. The van der Waals surface area contributed by atoms with Crippen molar-refractivity contribution in [2.75, 3.05) is 79.3 Å². The summed E-state index contributed by atoms with van der Waals surface area (Å²) in [6.45, 7) is 21.5. The standard InChI is InChI=1S/C41H60O10/c1-33(2)39(42)50-31-11-27-46-23-7-21-44-25-9-29-48-37-17-13-35(14-18-37)41(5,6)36-15-19-38(20-16-36)49-30-10-26-45-22-8-24-47-28-12-32-51-40(43)34(3)4/h13-20H,1,3,7-12,21-32H2,2,4-6H3. The van der Waals surface area contributed by atoms with Crippen LogP contribution in [0.15, 0.2) is 72.8 Å². The normalized spacial score (nSPS) is 11.2. The van der Waals surface area contributed by atoms with E-state index in [9.17, 15) is 9.59 Å². The van der Waals surface area contributed by atoms with Gasteiger partial charge in [-0.25, -0.2) is 9.59 Å². The highest BCUT2D eigenvalue weighted by atomic mass is 16.5. The van der Waals surface area contributed by atoms with Crippen molar-refractivity contribution in [1.82, 2.24) is 0 Å². The summed E-state index contributed by atoms with van der Waals surface area (Å²) in [5, 5.41) is 0. The first-order valence-corrected chi connectivity index (χ1v) is 18.0. The molecular formula is C41H60O10. The van der Waals surface area contributed by atoms with Crippen LogP contribution in [-0.2, 0) is 43.4 Å². The fourth-order valence-electron chi connectivity index (χ4n) is 4.64. The van der Waals surface area contributed by atoms with E-state index in [1.54, 1.807) is 13.8 Å². The van der Waals surface area contributed by atoms with Gasteiger partial charge in [0.05, 0.1) is 26.4 Å². The number of benzene rings is 2. The monoisotopic (exact) mass is 712 g/mol. The van der Waals surface area contributed by atoms with Crippen molar-refractivity contribution in [3.05, 3.63) is 84.0 Å². The van der Waals surface area contributed by atoms with Crippen molar-refractivity contribution >= 4 is 11.9 Å². The van der Waals surface area contributed by atoms with Gasteiger partial charge in [-0.1, -0.05) is 51.3 Å². The molecule has 10 heteroatoms. The highest BCUT2D eigenvalue weighted by molar-refractivity contribution is 5.87. The number of carbonyl (C=O) groups is 2. The van der Waals surface area contributed by atoms with Crippen LogP contribution in [0.4, 0.5) is 0 Å². The zero-order valence-electron chi connectivity index (χ0n) is 31.3. The lowest BCUT2D eigenvalue weighted by Crippen LogP contribution is -2.18. The van der Waals surface area contributed by atoms with Crippen LogP contribution in [0.5, 0.6) is 11.5 Å². The Labute approximate surface area is 305 Å². The smallest absolute Gasteiger partial charge is 0.333 e. The fraction of sp³-hybridized carbons (Fsp3) is 0.561. The van der Waals surface area contributed by atoms with Crippen molar-refractivity contribution in [2.24, 2.45) is 0 Å². The van der Waals surface area contributed by atoms with E-state index in [-0.39, 0.29) is 17.4 Å². The number of esters is 2. The zero-order chi connectivity index (χ0) is 37.2. The molecule has 10 nitrogen and oxygen atoms in total. The molecule has 0 bridgehead atoms. The minimum Gasteiger partial charge on any atom is -0.494 e. The molecule has 0 N–H and O–H groups in total. The van der Waals surface area contributed by atoms with Gasteiger partial charge in [0, 0.05) is 95.1 Å². The Balaban J connectivity index is 1.50. The first-order valence-electron chi connectivity index (χ1n) is 18.0. The van der Waals surface area contributed by atoms with Crippen LogP contribution >= 0.6 is 0 Å². The maximum Gasteiger partial charge on any atom is 0.333 e. The molecule has 51 heavy (non-hydrogen) atoms. The molecule has 0 amide bonds. The molecule has 0 heterocycles. The third-order valence-electron chi connectivity index (χ3n) is 7.74. The van der Waals surface area contributed by atoms with Crippen LogP contribution in [0.25, 0.3) is 0 Å². The highest BCUT2D eigenvalue weighted by Crippen LogP contribution is 2.33. The highest BCUT2D eigenvalue weighted by Gasteiger charge is 2.23. The molecule has 0 fully saturated rings. The molecule has 0 atom stereocenters. The SMILES string of the molecule is C=C(C)C(=O)OCCCOCCCOCCCOc1ccc(C(C)(C)c2ccc(OCCCOCCCOCCCOC(=O)C(=C)C)cc2)cc1. The predicted molar refractivity (Wildman–Crippen MR) is 199 cm³/mol. The van der Waals surface area contributed by atoms with Crippen molar-refractivity contribution in [2.45, 2.75) is 71.6 Å².